The standard InChI is InChI=1S/C16H23N3O2/c1-21-13-4-5-14(15(17)10-13)16(20)18-11-6-8-19(9-7-11)12-2-3-12/h4-5,10-12H,2-3,6-9,17H2,1H3,(H,18,20). The van der Waals surface area contributed by atoms with Gasteiger partial charge in [-0.15, -0.1) is 0 Å². The monoisotopic (exact) mass is 289 g/mol. The highest BCUT2D eigenvalue weighted by atomic mass is 16.5. The summed E-state index contributed by atoms with van der Waals surface area (Å²) in [7, 11) is 1.59. The molecule has 5 nitrogen and oxygen atoms in total. The van der Waals surface area contributed by atoms with Gasteiger partial charge in [0, 0.05) is 36.9 Å². The van der Waals surface area contributed by atoms with Crippen LogP contribution in [0.4, 0.5) is 5.69 Å². The normalized spacial score (nSPS) is 20.2. The Morgan fingerprint density at radius 3 is 2.57 bits per heavy atom. The molecule has 0 aromatic heterocycles. The number of carbonyl (C=O) groups is 1. The molecule has 114 valence electrons. The van der Waals surface area contributed by atoms with Gasteiger partial charge in [-0.05, 0) is 37.8 Å². The molecule has 3 rings (SSSR count). The molecule has 2 aliphatic rings. The van der Waals surface area contributed by atoms with Gasteiger partial charge in [-0.3, -0.25) is 4.79 Å². The van der Waals surface area contributed by atoms with Crippen molar-refractivity contribution in [2.45, 2.75) is 37.8 Å². The molecule has 0 unspecified atom stereocenters. The van der Waals surface area contributed by atoms with Crippen molar-refractivity contribution < 1.29 is 9.53 Å². The van der Waals surface area contributed by atoms with Crippen LogP contribution < -0.4 is 15.8 Å². The number of rotatable bonds is 4. The molecule has 0 spiro atoms. The van der Waals surface area contributed by atoms with Crippen molar-refractivity contribution in [3.63, 3.8) is 0 Å². The number of piperidine rings is 1. The summed E-state index contributed by atoms with van der Waals surface area (Å²) in [6.45, 7) is 2.18. The molecule has 1 aliphatic heterocycles. The predicted octanol–water partition coefficient (Wildman–Crippen LogP) is 1.63. The van der Waals surface area contributed by atoms with Crippen molar-refractivity contribution >= 4 is 11.6 Å². The van der Waals surface area contributed by atoms with E-state index < -0.39 is 0 Å². The maximum absolute atomic E-state index is 12.3. The lowest BCUT2D eigenvalue weighted by Gasteiger charge is -2.32. The molecule has 21 heavy (non-hydrogen) atoms. The summed E-state index contributed by atoms with van der Waals surface area (Å²) >= 11 is 0. The number of nitrogens with two attached hydrogens (primary N) is 1. The summed E-state index contributed by atoms with van der Waals surface area (Å²) in [5.41, 5.74) is 6.91. The number of nitrogens with zero attached hydrogens (tertiary/aromatic N) is 1. The van der Waals surface area contributed by atoms with Gasteiger partial charge in [-0.1, -0.05) is 0 Å². The van der Waals surface area contributed by atoms with Crippen LogP contribution in [0.1, 0.15) is 36.0 Å². The smallest absolute Gasteiger partial charge is 0.253 e. The van der Waals surface area contributed by atoms with Gasteiger partial charge < -0.3 is 20.7 Å². The van der Waals surface area contributed by atoms with E-state index in [1.54, 1.807) is 25.3 Å². The van der Waals surface area contributed by atoms with Gasteiger partial charge in [-0.25, -0.2) is 0 Å². The van der Waals surface area contributed by atoms with E-state index in [1.165, 1.54) is 12.8 Å². The van der Waals surface area contributed by atoms with E-state index in [2.05, 4.69) is 10.2 Å². The Balaban J connectivity index is 1.56. The number of methoxy groups -OCH3 is 1. The molecule has 5 heteroatoms. The molecule has 1 aromatic carbocycles. The van der Waals surface area contributed by atoms with E-state index in [1.807, 2.05) is 0 Å². The van der Waals surface area contributed by atoms with Crippen LogP contribution in [0.2, 0.25) is 0 Å². The average molecular weight is 289 g/mol. The molecule has 1 saturated heterocycles. The van der Waals surface area contributed by atoms with Crippen LogP contribution in [0, 0.1) is 0 Å². The Hall–Kier alpha value is -1.75. The number of ether oxygens (including phenoxy) is 1. The van der Waals surface area contributed by atoms with Crippen LogP contribution in [0.25, 0.3) is 0 Å². The van der Waals surface area contributed by atoms with Crippen LogP contribution >= 0.6 is 0 Å². The minimum Gasteiger partial charge on any atom is -0.497 e. The number of nitrogens with one attached hydrogen (secondary N) is 1. The second kappa shape index (κ2) is 5.93. The summed E-state index contributed by atoms with van der Waals surface area (Å²) in [6.07, 6.45) is 4.75. The summed E-state index contributed by atoms with van der Waals surface area (Å²) in [5, 5.41) is 3.11. The molecule has 0 atom stereocenters. The third kappa shape index (κ3) is 3.29. The Morgan fingerprint density at radius 2 is 2.00 bits per heavy atom. The molecule has 1 aliphatic carbocycles. The van der Waals surface area contributed by atoms with Crippen LogP contribution in [0.3, 0.4) is 0 Å². The minimum atomic E-state index is -0.0833. The Bertz CT molecular complexity index is 520. The van der Waals surface area contributed by atoms with Crippen LogP contribution in [-0.4, -0.2) is 43.1 Å². The fraction of sp³-hybridized carbons (Fsp3) is 0.562. The van der Waals surface area contributed by atoms with Gasteiger partial charge in [0.2, 0.25) is 0 Å². The zero-order chi connectivity index (χ0) is 14.8. The van der Waals surface area contributed by atoms with Crippen molar-refractivity contribution in [3.8, 4) is 5.75 Å². The number of anilines is 1. The maximum atomic E-state index is 12.3. The first kappa shape index (κ1) is 14.2. The van der Waals surface area contributed by atoms with Gasteiger partial charge in [0.05, 0.1) is 12.7 Å². The molecule has 0 bridgehead atoms. The quantitative estimate of drug-likeness (QED) is 0.827. The fourth-order valence-corrected chi connectivity index (χ4v) is 2.99. The average Bonchev–Trinajstić information content (AvgIpc) is 3.32. The zero-order valence-electron chi connectivity index (χ0n) is 12.5. The molecule has 1 heterocycles. The highest BCUT2D eigenvalue weighted by molar-refractivity contribution is 5.99. The Kier molecular flexibility index (Phi) is 4.01. The van der Waals surface area contributed by atoms with Gasteiger partial charge >= 0.3 is 0 Å². The SMILES string of the molecule is COc1ccc(C(=O)NC2CCN(C3CC3)CC2)c(N)c1. The fourth-order valence-electron chi connectivity index (χ4n) is 2.99. The van der Waals surface area contributed by atoms with Gasteiger partial charge in [-0.2, -0.15) is 0 Å². The number of nitrogen functional groups attached to an aromatic ring is 1. The lowest BCUT2D eigenvalue weighted by Crippen LogP contribution is -2.45. The first-order valence-electron chi connectivity index (χ1n) is 7.66. The van der Waals surface area contributed by atoms with Crippen LogP contribution in [-0.2, 0) is 0 Å². The molecular formula is C16H23N3O2. The van der Waals surface area contributed by atoms with Gasteiger partial charge in [0.15, 0.2) is 0 Å². The number of likely N-dealkylation sites (tertiary alicyclic amines) is 1. The van der Waals surface area contributed by atoms with E-state index in [4.69, 9.17) is 10.5 Å². The van der Waals surface area contributed by atoms with Crippen molar-refractivity contribution in [1.29, 1.82) is 0 Å². The molecule has 1 saturated carbocycles. The highest BCUT2D eigenvalue weighted by Crippen LogP contribution is 2.29. The maximum Gasteiger partial charge on any atom is 0.253 e. The molecule has 1 amide bonds. The van der Waals surface area contributed by atoms with Crippen molar-refractivity contribution in [3.05, 3.63) is 23.8 Å². The third-order valence-corrected chi connectivity index (χ3v) is 4.43. The number of hydrogen-bond donors (Lipinski definition) is 2. The summed E-state index contributed by atoms with van der Waals surface area (Å²) < 4.78 is 5.10. The topological polar surface area (TPSA) is 67.6 Å². The molecule has 2 fully saturated rings. The largest absolute Gasteiger partial charge is 0.497 e. The molecule has 3 N–H and O–H groups in total. The van der Waals surface area contributed by atoms with Crippen molar-refractivity contribution in [2.24, 2.45) is 0 Å². The first-order chi connectivity index (χ1) is 10.2. The van der Waals surface area contributed by atoms with Crippen molar-refractivity contribution in [1.82, 2.24) is 10.2 Å². The van der Waals surface area contributed by atoms with Crippen LogP contribution in [0.5, 0.6) is 5.75 Å². The van der Waals surface area contributed by atoms with Crippen LogP contribution in [0.15, 0.2) is 18.2 Å². The lowest BCUT2D eigenvalue weighted by molar-refractivity contribution is 0.0910. The van der Waals surface area contributed by atoms with E-state index in [0.717, 1.165) is 32.0 Å². The Labute approximate surface area is 125 Å². The van der Waals surface area contributed by atoms with Gasteiger partial charge in [0.25, 0.3) is 5.91 Å². The van der Waals surface area contributed by atoms with Gasteiger partial charge in [0.1, 0.15) is 5.75 Å². The minimum absolute atomic E-state index is 0.0833. The second-order valence-corrected chi connectivity index (χ2v) is 5.97. The first-order valence-corrected chi connectivity index (χ1v) is 7.66. The summed E-state index contributed by atoms with van der Waals surface area (Å²) in [4.78, 5) is 14.9. The van der Waals surface area contributed by atoms with Crippen molar-refractivity contribution in [2.75, 3.05) is 25.9 Å². The third-order valence-electron chi connectivity index (χ3n) is 4.43. The van der Waals surface area contributed by atoms with E-state index in [0.29, 0.717) is 17.0 Å². The van der Waals surface area contributed by atoms with E-state index >= 15 is 0 Å². The molecule has 0 radical (unpaired) electrons. The molecule has 1 aromatic rings. The highest BCUT2D eigenvalue weighted by Gasteiger charge is 2.32. The van der Waals surface area contributed by atoms with E-state index in [9.17, 15) is 4.79 Å². The molecular weight excluding hydrogens is 266 g/mol. The number of amides is 1. The number of benzene rings is 1. The summed E-state index contributed by atoms with van der Waals surface area (Å²) in [6, 6.07) is 6.25. The second-order valence-electron chi connectivity index (χ2n) is 5.97. The zero-order valence-corrected chi connectivity index (χ0v) is 12.5. The number of hydrogen-bond acceptors (Lipinski definition) is 4. The van der Waals surface area contributed by atoms with E-state index in [-0.39, 0.29) is 11.9 Å². The summed E-state index contributed by atoms with van der Waals surface area (Å²) in [5.74, 6) is 0.585. The predicted molar refractivity (Wildman–Crippen MR) is 82.5 cm³/mol. The Morgan fingerprint density at radius 1 is 1.29 bits per heavy atom. The number of carbonyl (C=O) groups excluding carboxylic acids is 1. The lowest BCUT2D eigenvalue weighted by atomic mass is 10.0.